The molecule has 0 fully saturated rings. The number of aliphatic carboxylic acids is 1. The van der Waals surface area contributed by atoms with Crippen LogP contribution in [0, 0.1) is 0 Å². The molecule has 2 aromatic rings. The van der Waals surface area contributed by atoms with Crippen molar-refractivity contribution in [2.24, 2.45) is 5.73 Å². The first-order chi connectivity index (χ1) is 8.80. The maximum atomic E-state index is 11.3. The Hall–Kier alpha value is -1.90. The lowest BCUT2D eigenvalue weighted by atomic mass is 10.1. The third kappa shape index (κ3) is 2.60. The number of carboxylic acid groups (broad SMARTS) is 1. The summed E-state index contributed by atoms with van der Waals surface area (Å²) in [6, 6.07) is 5.37. The maximum absolute atomic E-state index is 11.3. The highest BCUT2D eigenvalue weighted by Gasteiger charge is 2.24. The number of H-pyrrole nitrogens is 1. The van der Waals surface area contributed by atoms with Crippen molar-refractivity contribution < 1.29 is 22.9 Å². The van der Waals surface area contributed by atoms with Crippen LogP contribution in [0.4, 0.5) is 0 Å². The molecule has 0 saturated carbocycles. The van der Waals surface area contributed by atoms with Crippen LogP contribution in [0.1, 0.15) is 5.56 Å². The normalized spacial score (nSPS) is 13.6. The van der Waals surface area contributed by atoms with Crippen LogP contribution in [0.5, 0.6) is 0 Å². The Morgan fingerprint density at radius 1 is 1.37 bits per heavy atom. The summed E-state index contributed by atoms with van der Waals surface area (Å²) in [7, 11) is -4.47. The highest BCUT2D eigenvalue weighted by molar-refractivity contribution is 7.85. The lowest BCUT2D eigenvalue weighted by Crippen LogP contribution is -2.32. The topological polar surface area (TPSA) is 133 Å². The van der Waals surface area contributed by atoms with Gasteiger partial charge >= 0.3 is 16.1 Å². The van der Waals surface area contributed by atoms with E-state index in [1.165, 1.54) is 0 Å². The summed E-state index contributed by atoms with van der Waals surface area (Å²) >= 11 is 0. The van der Waals surface area contributed by atoms with Gasteiger partial charge in [0, 0.05) is 22.9 Å². The Kier molecular flexibility index (Phi) is 3.31. The molecular weight excluding hydrogens is 273 g/mol. The first kappa shape index (κ1) is 13.5. The number of nitrogens with one attached hydrogen (secondary N) is 1. The molecule has 0 radical (unpaired) electrons. The Bertz CT molecular complexity index is 735. The van der Waals surface area contributed by atoms with E-state index in [-0.39, 0.29) is 12.0 Å². The number of aromatic nitrogens is 1. The van der Waals surface area contributed by atoms with E-state index in [0.717, 1.165) is 0 Å². The Labute approximate surface area is 108 Å². The fourth-order valence-corrected chi connectivity index (χ4v) is 2.65. The lowest BCUT2D eigenvalue weighted by molar-refractivity contribution is -0.138. The summed E-state index contributed by atoms with van der Waals surface area (Å²) in [6.45, 7) is 0. The Morgan fingerprint density at radius 2 is 2.00 bits per heavy atom. The molecule has 0 amide bonds. The van der Waals surface area contributed by atoms with Crippen molar-refractivity contribution in [1.82, 2.24) is 4.98 Å². The average molecular weight is 285 g/mol. The second-order valence-corrected chi connectivity index (χ2v) is 5.46. The number of rotatable bonds is 4. The summed E-state index contributed by atoms with van der Waals surface area (Å²) in [4.78, 5) is 13.3. The van der Waals surface area contributed by atoms with E-state index in [9.17, 15) is 17.8 Å². The third-order valence-electron chi connectivity index (χ3n) is 2.77. The van der Waals surface area contributed by atoms with Gasteiger partial charge < -0.3 is 15.8 Å². The fraction of sp³-hybridized carbons (Fsp3) is 0.182. The molecule has 19 heavy (non-hydrogen) atoms. The molecule has 1 aromatic heterocycles. The second kappa shape index (κ2) is 4.65. The molecule has 0 bridgehead atoms. The number of aromatic amines is 1. The zero-order valence-corrected chi connectivity index (χ0v) is 10.5. The molecule has 102 valence electrons. The van der Waals surface area contributed by atoms with E-state index in [0.29, 0.717) is 10.9 Å². The molecule has 0 aliphatic carbocycles. The third-order valence-corrected chi connectivity index (χ3v) is 3.64. The predicted octanol–water partition coefficient (Wildman–Crippen LogP) is 0.369. The zero-order valence-electron chi connectivity index (χ0n) is 9.70. The lowest BCUT2D eigenvalue weighted by Gasteiger charge is -2.06. The van der Waals surface area contributed by atoms with Crippen molar-refractivity contribution in [2.45, 2.75) is 17.5 Å². The quantitative estimate of drug-likeness (QED) is 0.473. The van der Waals surface area contributed by atoms with Gasteiger partial charge in [-0.3, -0.25) is 9.35 Å². The molecule has 0 aliphatic heterocycles. The molecule has 0 spiro atoms. The first-order valence-corrected chi connectivity index (χ1v) is 6.80. The van der Waals surface area contributed by atoms with E-state index in [4.69, 9.17) is 10.8 Å². The molecule has 0 unspecified atom stereocenters. The van der Waals surface area contributed by atoms with Gasteiger partial charge in [0.05, 0.1) is 0 Å². The Balaban J connectivity index is 2.65. The van der Waals surface area contributed by atoms with Crippen molar-refractivity contribution in [3.05, 3.63) is 29.8 Å². The largest absolute Gasteiger partial charge is 0.480 e. The molecule has 0 aliphatic rings. The van der Waals surface area contributed by atoms with E-state index in [2.05, 4.69) is 4.98 Å². The number of carboxylic acids is 1. The minimum atomic E-state index is -4.47. The predicted molar refractivity (Wildman–Crippen MR) is 67.4 cm³/mol. The number of nitrogens with two attached hydrogens (primary N) is 1. The first-order valence-electron chi connectivity index (χ1n) is 5.36. The summed E-state index contributed by atoms with van der Waals surface area (Å²) in [5, 5.41) is 8.91. The molecule has 5 N–H and O–H groups in total. The smallest absolute Gasteiger partial charge is 0.320 e. The molecule has 8 heteroatoms. The van der Waals surface area contributed by atoms with Crippen molar-refractivity contribution in [1.29, 1.82) is 0 Å². The number of hydrogen-bond acceptors (Lipinski definition) is 4. The molecule has 1 atom stereocenters. The fourth-order valence-electron chi connectivity index (χ4n) is 1.91. The monoisotopic (exact) mass is 285 g/mol. The van der Waals surface area contributed by atoms with Gasteiger partial charge in [-0.1, -0.05) is 18.2 Å². The highest BCUT2D eigenvalue weighted by Crippen LogP contribution is 2.26. The van der Waals surface area contributed by atoms with E-state index < -0.39 is 27.2 Å². The van der Waals surface area contributed by atoms with Gasteiger partial charge in [0.15, 0.2) is 5.03 Å². The molecule has 0 saturated heterocycles. The van der Waals surface area contributed by atoms with Crippen LogP contribution < -0.4 is 5.73 Å². The SMILES string of the molecule is N[13C@@H](Cc1c(S(=O)(=O)O)[nH]c2ccccc12)C(=O)O. The molecule has 2 rings (SSSR count). The van der Waals surface area contributed by atoms with Crippen molar-refractivity contribution in [2.75, 3.05) is 0 Å². The Morgan fingerprint density at radius 3 is 2.58 bits per heavy atom. The molecule has 1 aromatic carbocycles. The molecule has 1 heterocycles. The van der Waals surface area contributed by atoms with Crippen molar-refractivity contribution in [3.63, 3.8) is 0 Å². The van der Waals surface area contributed by atoms with Crippen LogP contribution in [0.15, 0.2) is 29.3 Å². The van der Waals surface area contributed by atoms with Gasteiger partial charge in [0.2, 0.25) is 0 Å². The summed E-state index contributed by atoms with van der Waals surface area (Å²) < 4.78 is 31.8. The standard InChI is InChI=1S/C11H12N2O5S/c12-8(11(14)15)5-7-6-3-1-2-4-9(6)13-10(7)19(16,17)18/h1-4,8,13H,5,12H2,(H,14,15)(H,16,17,18)/t8-/m0/s1/i8+1. The van der Waals surface area contributed by atoms with Gasteiger partial charge in [-0.2, -0.15) is 8.42 Å². The van der Waals surface area contributed by atoms with Crippen LogP contribution >= 0.6 is 0 Å². The molecular formula is C11H12N2O5S. The van der Waals surface area contributed by atoms with E-state index in [1.807, 2.05) is 0 Å². The number of hydrogen-bond donors (Lipinski definition) is 4. The number of carbonyl (C=O) groups is 1. The van der Waals surface area contributed by atoms with Crippen LogP contribution in [0.25, 0.3) is 10.9 Å². The van der Waals surface area contributed by atoms with Crippen molar-refractivity contribution >= 4 is 27.0 Å². The zero-order chi connectivity index (χ0) is 14.2. The van der Waals surface area contributed by atoms with Gasteiger partial charge in [0.1, 0.15) is 6.04 Å². The number of fused-ring (bicyclic) bond motifs is 1. The minimum absolute atomic E-state index is 0.174. The van der Waals surface area contributed by atoms with Crippen LogP contribution in [0.2, 0.25) is 0 Å². The number of benzene rings is 1. The average Bonchev–Trinajstić information content (AvgIpc) is 2.68. The van der Waals surface area contributed by atoms with E-state index >= 15 is 0 Å². The highest BCUT2D eigenvalue weighted by atomic mass is 32.2. The van der Waals surface area contributed by atoms with Gasteiger partial charge in [0.25, 0.3) is 0 Å². The second-order valence-electron chi connectivity index (χ2n) is 4.10. The summed E-state index contributed by atoms with van der Waals surface area (Å²) in [5.74, 6) is -1.24. The maximum Gasteiger partial charge on any atom is 0.320 e. The van der Waals surface area contributed by atoms with E-state index in [1.54, 1.807) is 24.3 Å². The van der Waals surface area contributed by atoms with Crippen LogP contribution in [-0.4, -0.2) is 35.1 Å². The summed E-state index contributed by atoms with van der Waals surface area (Å²) in [5.41, 5.74) is 6.08. The molecule has 7 nitrogen and oxygen atoms in total. The van der Waals surface area contributed by atoms with Gasteiger partial charge in [-0.15, -0.1) is 0 Å². The number of para-hydroxylation sites is 1. The minimum Gasteiger partial charge on any atom is -0.480 e. The van der Waals surface area contributed by atoms with Gasteiger partial charge in [-0.25, -0.2) is 0 Å². The van der Waals surface area contributed by atoms with Crippen LogP contribution in [0.3, 0.4) is 0 Å². The summed E-state index contributed by atoms with van der Waals surface area (Å²) in [6.07, 6.45) is -0.200. The van der Waals surface area contributed by atoms with Crippen LogP contribution in [-0.2, 0) is 21.3 Å². The van der Waals surface area contributed by atoms with Crippen molar-refractivity contribution in [3.8, 4) is 0 Å². The van der Waals surface area contributed by atoms with Gasteiger partial charge in [-0.05, 0) is 6.07 Å².